The second-order valence-corrected chi connectivity index (χ2v) is 21.0. The Hall–Kier alpha value is -7.52. The molecule has 412 valence electrons. The minimum absolute atomic E-state index is 0.0208. The molecule has 5 amide bonds. The Morgan fingerprint density at radius 2 is 1.32 bits per heavy atom. The molecular weight excluding hydrogens is 997 g/mol. The number of nitrogens with zero attached hydrogens (tertiary/aromatic N) is 1. The number of hydrogen-bond acceptors (Lipinski definition) is 13. The van der Waals surface area contributed by atoms with Crippen molar-refractivity contribution in [2.45, 2.75) is 129 Å². The molecule has 4 rings (SSSR count). The number of sulfonamides is 1. The van der Waals surface area contributed by atoms with E-state index < -0.39 is 87.9 Å². The molecule has 8 N–H and O–H groups in total. The van der Waals surface area contributed by atoms with Gasteiger partial charge in [0.05, 0.1) is 31.8 Å². The number of nitrogens with two attached hydrogens (primary N) is 1. The van der Waals surface area contributed by atoms with E-state index in [9.17, 15) is 37.2 Å². The molecule has 21 heteroatoms. The highest BCUT2D eigenvalue weighted by Gasteiger charge is 2.33. The number of amides is 5. The molecule has 0 saturated heterocycles. The van der Waals surface area contributed by atoms with Gasteiger partial charge in [-0.3, -0.25) is 24.2 Å². The molecule has 4 aromatic carbocycles. The Labute approximate surface area is 446 Å². The zero-order valence-corrected chi connectivity index (χ0v) is 45.6. The third-order valence-electron chi connectivity index (χ3n) is 11.7. The lowest BCUT2D eigenvalue weighted by molar-refractivity contribution is -0.146. The molecule has 76 heavy (non-hydrogen) atoms. The number of hydrogen-bond donors (Lipinski definition) is 7. The summed E-state index contributed by atoms with van der Waals surface area (Å²) in [7, 11) is -2.92. The van der Waals surface area contributed by atoms with Crippen molar-refractivity contribution in [3.63, 3.8) is 0 Å². The van der Waals surface area contributed by atoms with Crippen molar-refractivity contribution in [1.82, 2.24) is 31.3 Å². The number of ether oxygens (including phenoxy) is 4. The molecule has 0 aliphatic rings. The molecule has 0 unspecified atom stereocenters. The molecule has 0 aromatic heterocycles. The number of benzene rings is 4. The number of carbonyl (C=O) groups is 6. The summed E-state index contributed by atoms with van der Waals surface area (Å²) < 4.78 is 50.8. The Bertz CT molecular complexity index is 2700. The van der Waals surface area contributed by atoms with Gasteiger partial charge in [-0.25, -0.2) is 22.7 Å². The molecule has 0 radical (unpaired) electrons. The van der Waals surface area contributed by atoms with E-state index in [1.807, 2.05) is 74.5 Å². The maximum Gasteiger partial charge on any atom is 0.408 e. The first-order valence-corrected chi connectivity index (χ1v) is 26.5. The van der Waals surface area contributed by atoms with E-state index in [1.54, 1.807) is 77.9 Å². The fourth-order valence-electron chi connectivity index (χ4n) is 7.86. The third kappa shape index (κ3) is 20.7. The second-order valence-electron chi connectivity index (χ2n) is 19.4. The minimum atomic E-state index is -4.07. The van der Waals surface area contributed by atoms with Crippen LogP contribution in [0.15, 0.2) is 107 Å². The predicted molar refractivity (Wildman–Crippen MR) is 287 cm³/mol. The summed E-state index contributed by atoms with van der Waals surface area (Å²) in [5, 5.41) is 13.1. The van der Waals surface area contributed by atoms with Gasteiger partial charge in [-0.2, -0.15) is 0 Å². The number of rotatable bonds is 27. The lowest BCUT2D eigenvalue weighted by atomic mass is 9.97. The molecule has 0 fully saturated rings. The van der Waals surface area contributed by atoms with Gasteiger partial charge in [0, 0.05) is 13.0 Å². The van der Waals surface area contributed by atoms with E-state index in [1.165, 1.54) is 0 Å². The molecule has 5 atom stereocenters. The molecule has 0 aliphatic carbocycles. The molecule has 0 spiro atoms. The first-order valence-electron chi connectivity index (χ1n) is 25.0. The summed E-state index contributed by atoms with van der Waals surface area (Å²) >= 11 is 0. The number of guanidine groups is 1. The maximum atomic E-state index is 14.1. The van der Waals surface area contributed by atoms with Crippen LogP contribution in [-0.4, -0.2) is 107 Å². The first-order chi connectivity index (χ1) is 36.0. The zero-order chi connectivity index (χ0) is 56.0. The zero-order valence-electron chi connectivity index (χ0n) is 44.8. The van der Waals surface area contributed by atoms with E-state index in [4.69, 9.17) is 24.7 Å². The van der Waals surface area contributed by atoms with Gasteiger partial charge in [0.2, 0.25) is 29.6 Å². The van der Waals surface area contributed by atoms with Crippen molar-refractivity contribution in [2.75, 3.05) is 26.8 Å². The standard InChI is InChI=1S/C55H74N8O12S/c1-10-36(3)47(62-49(65)44(61-54(69)75-55(6,7)8)30-39-23-25-42(26-24-39)74-33-41-20-15-12-16-21-41)51(67)58-31-46(64)59-45(34-73-32-40-18-13-11-14-19-40)50(66)60-43(52(68)72-9)22-17-27-57-53(56)63-76(70,71)48-37(4)28-35(2)29-38(48)5/h11-16,18-21,23-26,28-29,36,43-45,47H,10,17,22,27,30-34H2,1-9H3,(H,58,67)(H,59,64)(H,60,66)(H,61,69)(H,62,65)(H3,56,57,63)/t36-,43-,44-,45-,47-/m0/s1. The van der Waals surface area contributed by atoms with Crippen LogP contribution in [0.3, 0.4) is 0 Å². The fraction of sp³-hybridized carbons (Fsp3) is 0.436. The predicted octanol–water partition coefficient (Wildman–Crippen LogP) is 4.71. The number of aryl methyl sites for hydroxylation is 3. The van der Waals surface area contributed by atoms with E-state index in [0.29, 0.717) is 35.5 Å². The number of alkyl carbamates (subject to hydrolysis) is 1. The largest absolute Gasteiger partial charge is 0.489 e. The number of carbonyl (C=O) groups excluding carboxylic acids is 6. The van der Waals surface area contributed by atoms with Gasteiger partial charge in [-0.15, -0.1) is 0 Å². The molecule has 0 heterocycles. The van der Waals surface area contributed by atoms with Crippen molar-refractivity contribution in [3.05, 3.63) is 130 Å². The van der Waals surface area contributed by atoms with Crippen LogP contribution in [0.2, 0.25) is 0 Å². The van der Waals surface area contributed by atoms with Gasteiger partial charge < -0.3 is 51.3 Å². The van der Waals surface area contributed by atoms with Crippen molar-refractivity contribution in [3.8, 4) is 5.75 Å². The fourth-order valence-corrected chi connectivity index (χ4v) is 9.27. The minimum Gasteiger partial charge on any atom is -0.489 e. The molecule has 4 aromatic rings. The Kier molecular flexibility index (Phi) is 23.7. The van der Waals surface area contributed by atoms with Gasteiger partial charge in [-0.05, 0) is 100 Å². The normalized spacial score (nSPS) is 13.6. The smallest absolute Gasteiger partial charge is 0.408 e. The van der Waals surface area contributed by atoms with Crippen molar-refractivity contribution >= 4 is 51.7 Å². The summed E-state index contributed by atoms with van der Waals surface area (Å²) in [6.07, 6.45) is -0.264. The summed E-state index contributed by atoms with van der Waals surface area (Å²) in [4.78, 5) is 85.6. The number of methoxy groups -OCH3 is 1. The number of esters is 1. The summed E-state index contributed by atoms with van der Waals surface area (Å²) in [6.45, 7) is 13.2. The quantitative estimate of drug-likeness (QED) is 0.0185. The molecule has 20 nitrogen and oxygen atoms in total. The van der Waals surface area contributed by atoms with Crippen LogP contribution in [0.1, 0.15) is 87.3 Å². The Morgan fingerprint density at radius 3 is 1.89 bits per heavy atom. The molecule has 0 aliphatic heterocycles. The first kappa shape index (κ1) is 61.0. The van der Waals surface area contributed by atoms with Gasteiger partial charge >= 0.3 is 12.1 Å². The number of aliphatic imine (C=N–C) groups is 1. The molecular formula is C55H74N8O12S. The van der Waals surface area contributed by atoms with Crippen LogP contribution in [0.4, 0.5) is 4.79 Å². The van der Waals surface area contributed by atoms with Crippen LogP contribution in [0.25, 0.3) is 0 Å². The van der Waals surface area contributed by atoms with E-state index >= 15 is 0 Å². The van der Waals surface area contributed by atoms with Crippen molar-refractivity contribution in [2.24, 2.45) is 16.6 Å². The van der Waals surface area contributed by atoms with Gasteiger partial charge in [0.1, 0.15) is 42.1 Å². The maximum absolute atomic E-state index is 14.1. The Balaban J connectivity index is 1.43. The van der Waals surface area contributed by atoms with Crippen LogP contribution in [-0.2, 0) is 67.8 Å². The third-order valence-corrected chi connectivity index (χ3v) is 13.4. The van der Waals surface area contributed by atoms with Crippen LogP contribution >= 0.6 is 0 Å². The van der Waals surface area contributed by atoms with Gasteiger partial charge in [0.25, 0.3) is 10.0 Å². The van der Waals surface area contributed by atoms with Gasteiger partial charge in [0.15, 0.2) is 0 Å². The SMILES string of the molecule is CC[C@H](C)[C@H](NC(=O)[C@H](Cc1ccc(OCc2ccccc2)cc1)NC(=O)OC(C)(C)C)C(=O)NCC(=O)N[C@@H](COCc1ccccc1)C(=O)N[C@@H](CCCN=C(N)NS(=O)(=O)c1c(C)cc(C)cc1C)C(=O)OC. The van der Waals surface area contributed by atoms with Crippen LogP contribution in [0, 0.1) is 26.7 Å². The average Bonchev–Trinajstić information content (AvgIpc) is 3.36. The van der Waals surface area contributed by atoms with Crippen LogP contribution < -0.4 is 41.8 Å². The van der Waals surface area contributed by atoms with Crippen molar-refractivity contribution < 1.29 is 56.1 Å². The second kappa shape index (κ2) is 29.5. The Morgan fingerprint density at radius 1 is 0.724 bits per heavy atom. The summed E-state index contributed by atoms with van der Waals surface area (Å²) in [5.41, 5.74) is 9.51. The van der Waals surface area contributed by atoms with E-state index in [2.05, 4.69) is 36.3 Å². The topological polar surface area (TPSA) is 284 Å². The lowest BCUT2D eigenvalue weighted by Gasteiger charge is -2.27. The lowest BCUT2D eigenvalue weighted by Crippen LogP contribution is -2.58. The van der Waals surface area contributed by atoms with Crippen molar-refractivity contribution in [1.29, 1.82) is 0 Å². The van der Waals surface area contributed by atoms with Crippen LogP contribution in [0.5, 0.6) is 5.75 Å². The average molecular weight is 1070 g/mol. The summed E-state index contributed by atoms with van der Waals surface area (Å²) in [5.74, 6) is -4.04. The molecule has 0 saturated carbocycles. The number of nitrogens with one attached hydrogen (secondary N) is 6. The highest BCUT2D eigenvalue weighted by Crippen LogP contribution is 2.22. The van der Waals surface area contributed by atoms with Gasteiger partial charge in [-0.1, -0.05) is 111 Å². The van der Waals surface area contributed by atoms with E-state index in [0.717, 1.165) is 23.8 Å². The van der Waals surface area contributed by atoms with E-state index in [-0.39, 0.29) is 49.9 Å². The monoisotopic (exact) mass is 1070 g/mol. The molecule has 0 bridgehead atoms. The highest BCUT2D eigenvalue weighted by atomic mass is 32.2. The summed E-state index contributed by atoms with van der Waals surface area (Å²) in [6, 6.07) is 24.3. The highest BCUT2D eigenvalue weighted by molar-refractivity contribution is 7.90.